The van der Waals surface area contributed by atoms with E-state index in [1.807, 2.05) is 13.0 Å². The first-order chi connectivity index (χ1) is 15.1. The van der Waals surface area contributed by atoms with Crippen LogP contribution in [0, 0.1) is 16.7 Å². The van der Waals surface area contributed by atoms with Gasteiger partial charge in [-0.3, -0.25) is 14.2 Å². The second kappa shape index (κ2) is 11.0. The first kappa shape index (κ1) is 25.2. The number of thiazole rings is 1. The fraction of sp³-hybridized carbons (Fsp3) is 0.417. The molecule has 1 aromatic carbocycles. The number of methoxy groups -OCH3 is 1. The first-order valence-corrected chi connectivity index (χ1v) is 11.1. The van der Waals surface area contributed by atoms with Crippen molar-refractivity contribution in [3.63, 3.8) is 0 Å². The van der Waals surface area contributed by atoms with E-state index in [-0.39, 0.29) is 16.9 Å². The molecule has 0 bridgehead atoms. The number of nitriles is 1. The highest BCUT2D eigenvalue weighted by molar-refractivity contribution is 7.07. The van der Waals surface area contributed by atoms with Gasteiger partial charge in [0.1, 0.15) is 16.3 Å². The molecule has 0 unspecified atom stereocenters. The third-order valence-corrected chi connectivity index (χ3v) is 5.78. The van der Waals surface area contributed by atoms with E-state index in [9.17, 15) is 19.6 Å². The minimum absolute atomic E-state index is 0.0169. The van der Waals surface area contributed by atoms with Gasteiger partial charge in [0.2, 0.25) is 0 Å². The third-order valence-electron chi connectivity index (χ3n) is 4.65. The maximum atomic E-state index is 13.2. The van der Waals surface area contributed by atoms with Crippen molar-refractivity contribution in [2.75, 3.05) is 20.3 Å². The molecule has 8 heteroatoms. The Morgan fingerprint density at radius 1 is 1.22 bits per heavy atom. The summed E-state index contributed by atoms with van der Waals surface area (Å²) in [5, 5.41) is 9.75. The van der Waals surface area contributed by atoms with Crippen LogP contribution in [-0.4, -0.2) is 36.6 Å². The zero-order chi connectivity index (χ0) is 23.9. The second-order valence-electron chi connectivity index (χ2n) is 8.10. The molecule has 2 rings (SSSR count). The van der Waals surface area contributed by atoms with Crippen molar-refractivity contribution >= 4 is 34.7 Å². The fourth-order valence-corrected chi connectivity index (χ4v) is 4.06. The molecule has 0 saturated heterocycles. The highest BCUT2D eigenvalue weighted by atomic mass is 32.1. The van der Waals surface area contributed by atoms with Crippen molar-refractivity contribution in [2.24, 2.45) is 5.41 Å². The summed E-state index contributed by atoms with van der Waals surface area (Å²) in [6.07, 6.45) is 2.26. The molecule has 0 aliphatic rings. The maximum absolute atomic E-state index is 13.2. The number of rotatable bonds is 8. The molecule has 0 fully saturated rings. The molecule has 0 radical (unpaired) electrons. The smallest absolute Gasteiger partial charge is 0.337 e. The summed E-state index contributed by atoms with van der Waals surface area (Å²) in [6.45, 7) is 8.51. The van der Waals surface area contributed by atoms with Crippen molar-refractivity contribution in [3.05, 3.63) is 54.9 Å². The van der Waals surface area contributed by atoms with Gasteiger partial charge in [0.05, 0.1) is 17.2 Å². The van der Waals surface area contributed by atoms with Gasteiger partial charge in [-0.05, 0) is 37.1 Å². The van der Waals surface area contributed by atoms with Gasteiger partial charge in [0.25, 0.3) is 5.56 Å². The van der Waals surface area contributed by atoms with Crippen LogP contribution in [0.1, 0.15) is 50.0 Å². The molecule has 0 atom stereocenters. The summed E-state index contributed by atoms with van der Waals surface area (Å²) in [5.41, 5.74) is 0.0737. The number of carbonyl (C=O) groups is 2. The predicted octanol–water partition coefficient (Wildman–Crippen LogP) is 2.24. The summed E-state index contributed by atoms with van der Waals surface area (Å²) in [7, 11) is 1.31. The predicted molar refractivity (Wildman–Crippen MR) is 124 cm³/mol. The lowest BCUT2D eigenvalue weighted by Crippen LogP contribution is -2.34. The Bertz CT molecular complexity index is 1190. The first-order valence-electron chi connectivity index (χ1n) is 10.3. The maximum Gasteiger partial charge on any atom is 0.337 e. The van der Waals surface area contributed by atoms with E-state index in [0.29, 0.717) is 46.5 Å². The lowest BCUT2D eigenvalue weighted by atomic mass is 9.87. The van der Waals surface area contributed by atoms with Crippen molar-refractivity contribution in [1.82, 2.24) is 4.57 Å². The minimum atomic E-state index is -0.755. The number of ether oxygens (including phenoxy) is 2. The van der Waals surface area contributed by atoms with E-state index in [2.05, 4.69) is 0 Å². The summed E-state index contributed by atoms with van der Waals surface area (Å²) in [6, 6.07) is 8.66. The lowest BCUT2D eigenvalue weighted by molar-refractivity contribution is -0.120. The molecule has 1 aromatic heterocycles. The molecule has 0 N–H and O–H groups in total. The molecule has 7 nitrogen and oxygen atoms in total. The van der Waals surface area contributed by atoms with Crippen LogP contribution >= 0.6 is 11.3 Å². The molecular weight excluding hydrogens is 428 g/mol. The van der Waals surface area contributed by atoms with Gasteiger partial charge in [-0.15, -0.1) is 11.3 Å². The van der Waals surface area contributed by atoms with Gasteiger partial charge in [0, 0.05) is 25.2 Å². The van der Waals surface area contributed by atoms with E-state index in [1.54, 1.807) is 51.1 Å². The molecule has 0 aliphatic heterocycles. The van der Waals surface area contributed by atoms with Gasteiger partial charge >= 0.3 is 5.97 Å². The number of aromatic nitrogens is 1. The molecule has 170 valence electrons. The number of nitrogens with zero attached hydrogens (tertiary/aromatic N) is 2. The number of hydrogen-bond donors (Lipinski definition) is 0. The van der Waals surface area contributed by atoms with Crippen LogP contribution < -0.4 is 14.8 Å². The van der Waals surface area contributed by atoms with E-state index in [4.69, 9.17) is 9.47 Å². The largest absolute Gasteiger partial charge is 0.465 e. The fourth-order valence-electron chi connectivity index (χ4n) is 2.93. The van der Waals surface area contributed by atoms with E-state index in [0.717, 1.165) is 11.3 Å². The summed E-state index contributed by atoms with van der Waals surface area (Å²) in [4.78, 5) is 37.7. The monoisotopic (exact) mass is 456 g/mol. The minimum Gasteiger partial charge on any atom is -0.465 e. The summed E-state index contributed by atoms with van der Waals surface area (Å²) >= 11 is 1.12. The van der Waals surface area contributed by atoms with E-state index in [1.165, 1.54) is 11.7 Å². The normalized spacial score (nSPS) is 12.9. The zero-order valence-corrected chi connectivity index (χ0v) is 19.9. The highest BCUT2D eigenvalue weighted by Gasteiger charge is 2.27. The molecule has 0 saturated carbocycles. The molecule has 1 heterocycles. The third kappa shape index (κ3) is 6.02. The Labute approximate surface area is 191 Å². The molecule has 0 spiro atoms. The number of esters is 1. The quantitative estimate of drug-likeness (QED) is 0.446. The number of ketones is 1. The Hall–Kier alpha value is -3.02. The number of carbonyl (C=O) groups excluding carboxylic acids is 2. The molecule has 2 aromatic rings. The summed E-state index contributed by atoms with van der Waals surface area (Å²) < 4.78 is 12.3. The Balaban J connectivity index is 2.66. The standard InChI is InChI=1S/C24H28N2O5S/c1-6-31-13-7-12-26-21(28)19(14-16-8-10-17(11-9-16)23(29)30-5)32-22(26)18(15-25)20(27)24(2,3)4/h8-11,14H,6-7,12-13H2,1-5H3. The molecular formula is C24H28N2O5S. The van der Waals surface area contributed by atoms with Crippen LogP contribution in [0.2, 0.25) is 0 Å². The van der Waals surface area contributed by atoms with Crippen molar-refractivity contribution < 1.29 is 19.1 Å². The van der Waals surface area contributed by atoms with Crippen LogP contribution in [0.5, 0.6) is 0 Å². The van der Waals surface area contributed by atoms with Crippen LogP contribution in [0.25, 0.3) is 11.6 Å². The lowest BCUT2D eigenvalue weighted by Gasteiger charge is -2.15. The molecule has 0 amide bonds. The number of hydrogen-bond acceptors (Lipinski definition) is 7. The van der Waals surface area contributed by atoms with Gasteiger partial charge in [-0.25, -0.2) is 4.79 Å². The van der Waals surface area contributed by atoms with E-state index >= 15 is 0 Å². The second-order valence-corrected chi connectivity index (χ2v) is 9.13. The van der Waals surface area contributed by atoms with Gasteiger partial charge in [-0.1, -0.05) is 32.9 Å². The number of Topliss-reactive ketones (excluding diaryl/α,β-unsaturated/α-hetero) is 1. The van der Waals surface area contributed by atoms with Crippen LogP contribution in [0.3, 0.4) is 0 Å². The zero-order valence-electron chi connectivity index (χ0n) is 19.1. The molecule has 32 heavy (non-hydrogen) atoms. The highest BCUT2D eigenvalue weighted by Crippen LogP contribution is 2.19. The topological polar surface area (TPSA) is 98.4 Å². The van der Waals surface area contributed by atoms with Gasteiger partial charge in [0.15, 0.2) is 5.78 Å². The molecule has 0 aliphatic carbocycles. The van der Waals surface area contributed by atoms with Crippen LogP contribution in [-0.2, 0) is 20.8 Å². The Kier molecular flexibility index (Phi) is 8.70. The van der Waals surface area contributed by atoms with Gasteiger partial charge < -0.3 is 9.47 Å². The SMILES string of the molecule is CCOCCCn1c(=C(C#N)C(=O)C(C)(C)C)sc(=Cc2ccc(C(=O)OC)cc2)c1=O. The average Bonchev–Trinajstić information content (AvgIpc) is 3.06. The van der Waals surface area contributed by atoms with E-state index < -0.39 is 11.4 Å². The average molecular weight is 457 g/mol. The van der Waals surface area contributed by atoms with Crippen molar-refractivity contribution in [3.8, 4) is 6.07 Å². The number of benzene rings is 1. The van der Waals surface area contributed by atoms with Gasteiger partial charge in [-0.2, -0.15) is 5.26 Å². The summed E-state index contributed by atoms with van der Waals surface area (Å²) in [5.74, 6) is -0.755. The van der Waals surface area contributed by atoms with Crippen molar-refractivity contribution in [2.45, 2.75) is 40.7 Å². The Morgan fingerprint density at radius 3 is 2.41 bits per heavy atom. The van der Waals surface area contributed by atoms with Crippen LogP contribution in [0.15, 0.2) is 29.1 Å². The Morgan fingerprint density at radius 2 is 1.88 bits per heavy atom. The van der Waals surface area contributed by atoms with Crippen molar-refractivity contribution in [1.29, 1.82) is 5.26 Å². The van der Waals surface area contributed by atoms with Crippen LogP contribution in [0.4, 0.5) is 0 Å².